The van der Waals surface area contributed by atoms with Crippen LogP contribution in [0.1, 0.15) is 99.4 Å². The molecule has 0 aliphatic heterocycles. The predicted molar refractivity (Wildman–Crippen MR) is 203 cm³/mol. The van der Waals surface area contributed by atoms with Crippen LogP contribution < -0.4 is 9.47 Å². The van der Waals surface area contributed by atoms with Crippen LogP contribution >= 0.6 is 0 Å². The molecular weight excluding hydrogens is 670 g/mol. The third-order valence-electron chi connectivity index (χ3n) is 12.0. The largest absolute Gasteiger partial charge is 0.504 e. The second-order valence-corrected chi connectivity index (χ2v) is 15.4. The first-order valence-corrected chi connectivity index (χ1v) is 19.1. The smallest absolute Gasteiger partial charge is 0.302 e. The van der Waals surface area contributed by atoms with Gasteiger partial charge in [-0.25, -0.2) is 0 Å². The zero-order valence-corrected chi connectivity index (χ0v) is 30.7. The van der Waals surface area contributed by atoms with Crippen LogP contribution in [0, 0.1) is 17.3 Å². The lowest BCUT2D eigenvalue weighted by Gasteiger charge is -2.44. The van der Waals surface area contributed by atoms with Crippen LogP contribution in [-0.4, -0.2) is 58.5 Å². The number of Topliss-reactive ketones (excluding diaryl/α,β-unsaturated/α-hetero) is 1. The number of fused-ring (bicyclic) bond motifs is 3. The van der Waals surface area contributed by atoms with Crippen LogP contribution in [0.5, 0.6) is 23.0 Å². The Morgan fingerprint density at radius 1 is 0.981 bits per heavy atom. The fraction of sp³-hybridized carbons (Fsp3) is 0.455. The summed E-state index contributed by atoms with van der Waals surface area (Å²) >= 11 is 0. The molecule has 3 aliphatic carbocycles. The Balaban J connectivity index is 1.21. The molecule has 4 atom stereocenters. The highest BCUT2D eigenvalue weighted by Gasteiger charge is 2.46. The Kier molecular flexibility index (Phi) is 10.8. The number of hydrogen-bond donors (Lipinski definition) is 4. The van der Waals surface area contributed by atoms with E-state index in [0.29, 0.717) is 24.0 Å². The third-order valence-corrected chi connectivity index (χ3v) is 12.0. The fourth-order valence-corrected chi connectivity index (χ4v) is 9.57. The van der Waals surface area contributed by atoms with E-state index in [9.17, 15) is 19.8 Å². The van der Waals surface area contributed by atoms with Gasteiger partial charge in [0.1, 0.15) is 18.5 Å². The number of ketones is 1. The van der Waals surface area contributed by atoms with Crippen molar-refractivity contribution < 1.29 is 39.1 Å². The number of carbonyl (C=O) groups excluding carboxylic acids is 2. The van der Waals surface area contributed by atoms with Crippen molar-refractivity contribution in [2.75, 3.05) is 20.3 Å². The molecule has 1 spiro atoms. The summed E-state index contributed by atoms with van der Waals surface area (Å²) in [5.74, 6) is 0.584. The van der Waals surface area contributed by atoms with Gasteiger partial charge in [0.25, 0.3) is 0 Å². The van der Waals surface area contributed by atoms with Gasteiger partial charge in [-0.05, 0) is 121 Å². The lowest BCUT2D eigenvalue weighted by molar-refractivity contribution is -0.147. The van der Waals surface area contributed by atoms with E-state index in [1.54, 1.807) is 19.2 Å². The molecule has 7 rings (SSSR count). The Morgan fingerprint density at radius 2 is 1.79 bits per heavy atom. The number of rotatable bonds is 13. The number of aromatic hydroxyl groups is 2. The Morgan fingerprint density at radius 3 is 2.55 bits per heavy atom. The van der Waals surface area contributed by atoms with Crippen LogP contribution in [0.15, 0.2) is 66.7 Å². The van der Waals surface area contributed by atoms with Gasteiger partial charge in [-0.3, -0.25) is 9.59 Å². The second-order valence-electron chi connectivity index (χ2n) is 15.4. The maximum atomic E-state index is 14.3. The van der Waals surface area contributed by atoms with Crippen molar-refractivity contribution in [2.45, 2.75) is 89.6 Å². The zero-order chi connectivity index (χ0) is 37.1. The number of carbonyl (C=O) groups is 2. The summed E-state index contributed by atoms with van der Waals surface area (Å²) in [6, 6.07) is 19.2. The molecule has 1 heterocycles. The fourth-order valence-electron chi connectivity index (χ4n) is 9.57. The quantitative estimate of drug-likeness (QED) is 0.101. The predicted octanol–water partition coefficient (Wildman–Crippen LogP) is 8.38. The van der Waals surface area contributed by atoms with Gasteiger partial charge in [0.05, 0.1) is 13.7 Å². The molecular formula is C44H51NO8. The average Bonchev–Trinajstić information content (AvgIpc) is 3.76. The number of aliphatic hydroxyl groups is 1. The number of esters is 1. The van der Waals surface area contributed by atoms with E-state index < -0.39 is 12.1 Å². The lowest BCUT2D eigenvalue weighted by Crippen LogP contribution is -2.34. The molecule has 9 heteroatoms. The van der Waals surface area contributed by atoms with Crippen LogP contribution in [-0.2, 0) is 20.7 Å². The van der Waals surface area contributed by atoms with Crippen LogP contribution in [0.25, 0.3) is 16.5 Å². The monoisotopic (exact) mass is 721 g/mol. The van der Waals surface area contributed by atoms with Gasteiger partial charge in [0.15, 0.2) is 23.0 Å². The van der Waals surface area contributed by atoms with Gasteiger partial charge >= 0.3 is 5.97 Å². The number of aliphatic hydroxyl groups excluding tert-OH is 1. The number of para-hydroxylation sites is 1. The topological polar surface area (TPSA) is 138 Å². The number of benzene rings is 3. The second kappa shape index (κ2) is 15.7. The van der Waals surface area contributed by atoms with E-state index in [1.165, 1.54) is 38.7 Å². The molecule has 53 heavy (non-hydrogen) atoms. The summed E-state index contributed by atoms with van der Waals surface area (Å²) < 4.78 is 16.9. The van der Waals surface area contributed by atoms with Crippen molar-refractivity contribution in [2.24, 2.45) is 17.3 Å². The SMILES string of the molecule is COc1cc2c(cc1O)C(c1cc3ccccc3[nH]1)=C[C@H]1CC3(CCCC3)CC[C@@H]1[C@@H]2CC(=O)C[C@@H](CCc1ccc(O)c(OCCO)c1)OC(C)=O. The number of phenolic OH excluding ortho intramolecular Hbond substituents is 2. The zero-order valence-electron chi connectivity index (χ0n) is 30.7. The molecule has 3 aliphatic rings. The van der Waals surface area contributed by atoms with Crippen molar-refractivity contribution in [3.63, 3.8) is 0 Å². The van der Waals surface area contributed by atoms with Gasteiger partial charge in [-0.2, -0.15) is 0 Å². The summed E-state index contributed by atoms with van der Waals surface area (Å²) in [5.41, 5.74) is 6.16. The molecule has 280 valence electrons. The van der Waals surface area contributed by atoms with Crippen LogP contribution in [0.4, 0.5) is 0 Å². The Hall–Kier alpha value is -4.76. The van der Waals surface area contributed by atoms with Gasteiger partial charge in [-0.1, -0.05) is 43.2 Å². The number of phenols is 2. The number of aryl methyl sites for hydroxylation is 1. The van der Waals surface area contributed by atoms with Gasteiger partial charge in [0, 0.05) is 41.9 Å². The first-order chi connectivity index (χ1) is 25.6. The van der Waals surface area contributed by atoms with Gasteiger partial charge < -0.3 is 34.5 Å². The number of methoxy groups -OCH3 is 1. The summed E-state index contributed by atoms with van der Waals surface area (Å²) in [5, 5.41) is 31.6. The normalized spacial score (nSPS) is 21.0. The van der Waals surface area contributed by atoms with E-state index >= 15 is 0 Å². The molecule has 3 aromatic carbocycles. The van der Waals surface area contributed by atoms with Crippen molar-refractivity contribution in [3.05, 3.63) is 89.1 Å². The van der Waals surface area contributed by atoms with Crippen LogP contribution in [0.3, 0.4) is 0 Å². The molecule has 0 radical (unpaired) electrons. The molecule has 0 bridgehead atoms. The highest BCUT2D eigenvalue weighted by atomic mass is 16.5. The average molecular weight is 722 g/mol. The van der Waals surface area contributed by atoms with E-state index in [-0.39, 0.29) is 66.8 Å². The van der Waals surface area contributed by atoms with Gasteiger partial charge in [0.2, 0.25) is 0 Å². The highest BCUT2D eigenvalue weighted by Crippen LogP contribution is 2.58. The maximum Gasteiger partial charge on any atom is 0.302 e. The van der Waals surface area contributed by atoms with E-state index in [4.69, 9.17) is 19.3 Å². The number of aromatic nitrogens is 1. The molecule has 0 saturated heterocycles. The summed E-state index contributed by atoms with van der Waals surface area (Å²) in [6.45, 7) is 1.24. The van der Waals surface area contributed by atoms with Crippen molar-refractivity contribution in [3.8, 4) is 23.0 Å². The van der Waals surface area contributed by atoms with Crippen molar-refractivity contribution in [1.29, 1.82) is 0 Å². The molecule has 0 amide bonds. The maximum absolute atomic E-state index is 14.3. The van der Waals surface area contributed by atoms with E-state index in [1.807, 2.05) is 24.3 Å². The number of hydrogen-bond acceptors (Lipinski definition) is 8. The first kappa shape index (κ1) is 36.6. The minimum atomic E-state index is -0.626. The molecule has 2 saturated carbocycles. The summed E-state index contributed by atoms with van der Waals surface area (Å²) in [4.78, 5) is 30.2. The number of ether oxygens (including phenoxy) is 3. The molecule has 0 unspecified atom stereocenters. The lowest BCUT2D eigenvalue weighted by atomic mass is 9.60. The Bertz CT molecular complexity index is 1960. The molecule has 4 N–H and O–H groups in total. The standard InChI is InChI=1S/C44H51NO8/c1-27(47)53-32(11-9-28-10-12-40(49)43(19-28)52-18-17-46)22-31(48)23-34-33-13-16-44(14-5-6-15-44)26-30(33)20-37(35-24-41(50)42(51-2)25-36(34)35)39-21-29-7-3-4-8-38(29)45-39/h3-4,7-8,10,12,19-21,24-25,30,32-34,45-46,49-50H,5-6,9,11,13-18,22-23,26H2,1-2H3/t30-,32+,33-,34-/m0/s1. The number of allylic oxidation sites excluding steroid dienone is 1. The summed E-state index contributed by atoms with van der Waals surface area (Å²) in [6.07, 6.45) is 11.3. The van der Waals surface area contributed by atoms with E-state index in [0.717, 1.165) is 58.1 Å². The number of H-pyrrole nitrogens is 1. The van der Waals surface area contributed by atoms with Crippen LogP contribution in [0.2, 0.25) is 0 Å². The molecule has 1 aromatic heterocycles. The number of nitrogens with one attached hydrogen (secondary N) is 1. The minimum absolute atomic E-state index is 0.0193. The molecule has 2 fully saturated rings. The Labute approximate surface area is 311 Å². The van der Waals surface area contributed by atoms with E-state index in [2.05, 4.69) is 29.3 Å². The number of aromatic amines is 1. The highest BCUT2D eigenvalue weighted by molar-refractivity contribution is 5.90. The first-order valence-electron chi connectivity index (χ1n) is 19.1. The molecule has 4 aromatic rings. The van der Waals surface area contributed by atoms with Crippen molar-refractivity contribution in [1.82, 2.24) is 4.98 Å². The van der Waals surface area contributed by atoms with Crippen molar-refractivity contribution >= 4 is 28.2 Å². The third kappa shape index (κ3) is 7.96. The summed E-state index contributed by atoms with van der Waals surface area (Å²) in [7, 11) is 1.56. The molecule has 9 nitrogen and oxygen atoms in total. The van der Waals surface area contributed by atoms with Gasteiger partial charge in [-0.15, -0.1) is 0 Å². The minimum Gasteiger partial charge on any atom is -0.504 e.